The highest BCUT2D eigenvalue weighted by Gasteiger charge is 2.41. The highest BCUT2D eigenvalue weighted by atomic mass is 79.9. The molecule has 3 atom stereocenters. The Morgan fingerprint density at radius 3 is 2.64 bits per heavy atom. The topological polar surface area (TPSA) is 44.4 Å². The first-order chi connectivity index (χ1) is 12.0. The Labute approximate surface area is 157 Å². The minimum Gasteiger partial charge on any atom is -0.341 e. The number of alkyl halides is 1. The van der Waals surface area contributed by atoms with E-state index >= 15 is 0 Å². The van der Waals surface area contributed by atoms with Crippen LogP contribution < -0.4 is 10.9 Å². The van der Waals surface area contributed by atoms with Gasteiger partial charge in [0.1, 0.15) is 11.9 Å². The number of nitrogens with zero attached hydrogens (tertiary/aromatic N) is 1. The lowest BCUT2D eigenvalue weighted by molar-refractivity contribution is -0.134. The summed E-state index contributed by atoms with van der Waals surface area (Å²) < 4.78 is 13.3. The normalized spacial score (nSPS) is 27.9. The number of likely N-dealkylation sites (tertiary alicyclic amines) is 1. The maximum atomic E-state index is 13.3. The molecular formula is C19H27BrFN3O. The lowest BCUT2D eigenvalue weighted by Crippen LogP contribution is -2.50. The second-order valence-electron chi connectivity index (χ2n) is 7.58. The van der Waals surface area contributed by atoms with E-state index < -0.39 is 0 Å². The standard InChI is InChI=1S/C19H27BrFN3O/c1-12(2)17-16(20)18(23-22-17)19(25)24-8-6-13(7-9-24)10-14-4-3-5-15(21)11-14/h3-5,11-13,16-18,22-23H,6-10H2,1-2H3. The van der Waals surface area contributed by atoms with Crippen LogP contribution in [0.2, 0.25) is 0 Å². The molecule has 138 valence electrons. The number of nitrogens with one attached hydrogen (secondary N) is 2. The van der Waals surface area contributed by atoms with Crippen LogP contribution in [0.5, 0.6) is 0 Å². The van der Waals surface area contributed by atoms with Gasteiger partial charge in [-0.1, -0.05) is 41.9 Å². The zero-order valence-corrected chi connectivity index (χ0v) is 16.4. The number of hydrazine groups is 1. The summed E-state index contributed by atoms with van der Waals surface area (Å²) in [6.07, 6.45) is 2.84. The smallest absolute Gasteiger partial charge is 0.242 e. The van der Waals surface area contributed by atoms with E-state index in [4.69, 9.17) is 0 Å². The molecule has 0 saturated carbocycles. The van der Waals surface area contributed by atoms with Crippen LogP contribution in [0, 0.1) is 17.7 Å². The number of hydrogen-bond donors (Lipinski definition) is 2. The van der Waals surface area contributed by atoms with Gasteiger partial charge in [-0.05, 0) is 48.8 Å². The molecule has 1 aromatic carbocycles. The molecule has 2 saturated heterocycles. The van der Waals surface area contributed by atoms with Crippen molar-refractivity contribution in [3.05, 3.63) is 35.6 Å². The average molecular weight is 412 g/mol. The molecule has 1 aromatic rings. The molecule has 0 bridgehead atoms. The third kappa shape index (κ3) is 4.41. The van der Waals surface area contributed by atoms with Crippen molar-refractivity contribution in [2.45, 2.75) is 50.0 Å². The van der Waals surface area contributed by atoms with E-state index in [9.17, 15) is 9.18 Å². The predicted octanol–water partition coefficient (Wildman–Crippen LogP) is 2.87. The van der Waals surface area contributed by atoms with E-state index in [0.717, 1.165) is 37.9 Å². The molecule has 6 heteroatoms. The largest absolute Gasteiger partial charge is 0.341 e. The van der Waals surface area contributed by atoms with E-state index in [1.165, 1.54) is 6.07 Å². The van der Waals surface area contributed by atoms with Gasteiger partial charge in [0.05, 0.1) is 4.83 Å². The Hall–Kier alpha value is -0.980. The van der Waals surface area contributed by atoms with Crippen molar-refractivity contribution in [2.24, 2.45) is 11.8 Å². The van der Waals surface area contributed by atoms with Crippen LogP contribution >= 0.6 is 15.9 Å². The molecule has 0 aliphatic carbocycles. The lowest BCUT2D eigenvalue weighted by Gasteiger charge is -2.34. The molecule has 25 heavy (non-hydrogen) atoms. The van der Waals surface area contributed by atoms with Gasteiger partial charge in [-0.25, -0.2) is 9.82 Å². The fourth-order valence-corrected chi connectivity index (χ4v) is 4.94. The molecule has 0 aromatic heterocycles. The molecule has 2 aliphatic heterocycles. The Morgan fingerprint density at radius 2 is 2.04 bits per heavy atom. The third-order valence-electron chi connectivity index (χ3n) is 5.39. The van der Waals surface area contributed by atoms with Gasteiger partial charge in [-0.15, -0.1) is 0 Å². The average Bonchev–Trinajstić information content (AvgIpc) is 2.97. The maximum absolute atomic E-state index is 13.3. The zero-order valence-electron chi connectivity index (χ0n) is 14.8. The highest BCUT2D eigenvalue weighted by Crippen LogP contribution is 2.26. The van der Waals surface area contributed by atoms with Gasteiger partial charge in [-0.2, -0.15) is 0 Å². The second kappa shape index (κ2) is 8.14. The summed E-state index contributed by atoms with van der Waals surface area (Å²) in [7, 11) is 0. The van der Waals surface area contributed by atoms with E-state index in [2.05, 4.69) is 40.6 Å². The van der Waals surface area contributed by atoms with Crippen LogP contribution in [0.1, 0.15) is 32.3 Å². The van der Waals surface area contributed by atoms with Crippen LogP contribution in [0.3, 0.4) is 0 Å². The zero-order chi connectivity index (χ0) is 18.0. The maximum Gasteiger partial charge on any atom is 0.242 e. The van der Waals surface area contributed by atoms with Crippen LogP contribution in [0.15, 0.2) is 24.3 Å². The molecule has 0 spiro atoms. The fraction of sp³-hybridized carbons (Fsp3) is 0.632. The number of piperidine rings is 1. The first kappa shape index (κ1) is 18.8. The molecule has 2 fully saturated rings. The molecule has 3 rings (SSSR count). The van der Waals surface area contributed by atoms with Crippen LogP contribution in [-0.4, -0.2) is 40.8 Å². The van der Waals surface area contributed by atoms with Crippen molar-refractivity contribution in [3.8, 4) is 0 Å². The Morgan fingerprint density at radius 1 is 1.32 bits per heavy atom. The van der Waals surface area contributed by atoms with Crippen molar-refractivity contribution in [3.63, 3.8) is 0 Å². The van der Waals surface area contributed by atoms with Crippen molar-refractivity contribution in [1.82, 2.24) is 15.8 Å². The number of amides is 1. The molecule has 2 N–H and O–H groups in total. The van der Waals surface area contributed by atoms with Gasteiger partial charge in [0, 0.05) is 19.1 Å². The van der Waals surface area contributed by atoms with Gasteiger partial charge in [0.25, 0.3) is 0 Å². The quantitative estimate of drug-likeness (QED) is 0.748. The van der Waals surface area contributed by atoms with Gasteiger partial charge in [0.2, 0.25) is 5.91 Å². The van der Waals surface area contributed by atoms with Crippen molar-refractivity contribution in [1.29, 1.82) is 0 Å². The predicted molar refractivity (Wildman–Crippen MR) is 101 cm³/mol. The van der Waals surface area contributed by atoms with Crippen LogP contribution in [-0.2, 0) is 11.2 Å². The molecule has 4 nitrogen and oxygen atoms in total. The number of hydrogen-bond acceptors (Lipinski definition) is 3. The molecule has 2 heterocycles. The van der Waals surface area contributed by atoms with E-state index in [1.807, 2.05) is 11.0 Å². The molecule has 3 unspecified atom stereocenters. The lowest BCUT2D eigenvalue weighted by atomic mass is 9.89. The number of carbonyl (C=O) groups is 1. The number of halogens is 2. The monoisotopic (exact) mass is 411 g/mol. The minimum absolute atomic E-state index is 0.102. The SMILES string of the molecule is CC(C)C1NNC(C(=O)N2CCC(Cc3cccc(F)c3)CC2)C1Br. The number of carbonyl (C=O) groups excluding carboxylic acids is 1. The van der Waals surface area contributed by atoms with Crippen molar-refractivity contribution >= 4 is 21.8 Å². The van der Waals surface area contributed by atoms with Crippen LogP contribution in [0.25, 0.3) is 0 Å². The van der Waals surface area contributed by atoms with Gasteiger partial charge in [0.15, 0.2) is 0 Å². The third-order valence-corrected chi connectivity index (χ3v) is 6.49. The van der Waals surface area contributed by atoms with Crippen molar-refractivity contribution in [2.75, 3.05) is 13.1 Å². The minimum atomic E-state index is -0.216. The summed E-state index contributed by atoms with van der Waals surface area (Å²) in [5.74, 6) is 0.963. The summed E-state index contributed by atoms with van der Waals surface area (Å²) in [5.41, 5.74) is 7.45. The first-order valence-corrected chi connectivity index (χ1v) is 10.1. The van der Waals surface area contributed by atoms with E-state index in [0.29, 0.717) is 11.8 Å². The molecule has 0 radical (unpaired) electrons. The molecular weight excluding hydrogens is 385 g/mol. The summed E-state index contributed by atoms with van der Waals surface area (Å²) in [4.78, 5) is 14.9. The summed E-state index contributed by atoms with van der Waals surface area (Å²) >= 11 is 3.69. The molecule has 2 aliphatic rings. The van der Waals surface area contributed by atoms with E-state index in [1.54, 1.807) is 12.1 Å². The second-order valence-corrected chi connectivity index (χ2v) is 8.64. The fourth-order valence-electron chi connectivity index (χ4n) is 3.84. The summed E-state index contributed by atoms with van der Waals surface area (Å²) in [6.45, 7) is 5.86. The van der Waals surface area contributed by atoms with Gasteiger partial charge >= 0.3 is 0 Å². The van der Waals surface area contributed by atoms with E-state index in [-0.39, 0.29) is 28.6 Å². The summed E-state index contributed by atoms with van der Waals surface area (Å²) in [5, 5.41) is 0. The number of benzene rings is 1. The summed E-state index contributed by atoms with van der Waals surface area (Å²) in [6, 6.07) is 6.88. The highest BCUT2D eigenvalue weighted by molar-refractivity contribution is 9.09. The van der Waals surface area contributed by atoms with Crippen molar-refractivity contribution < 1.29 is 9.18 Å². The molecule has 1 amide bonds. The van der Waals surface area contributed by atoms with Gasteiger partial charge < -0.3 is 4.90 Å². The van der Waals surface area contributed by atoms with Crippen LogP contribution in [0.4, 0.5) is 4.39 Å². The number of rotatable bonds is 4. The Kier molecular flexibility index (Phi) is 6.12. The Balaban J connectivity index is 1.51. The Bertz CT molecular complexity index is 604. The first-order valence-electron chi connectivity index (χ1n) is 9.14. The van der Waals surface area contributed by atoms with Gasteiger partial charge in [-0.3, -0.25) is 10.2 Å².